The van der Waals surface area contributed by atoms with Crippen LogP contribution in [0.15, 0.2) is 30.3 Å². The Balaban J connectivity index is 1.95. The number of hydrogen-bond donors (Lipinski definition) is 3. The molecule has 0 heterocycles. The Morgan fingerprint density at radius 3 is 2.84 bits per heavy atom. The van der Waals surface area contributed by atoms with Crippen molar-refractivity contribution in [3.8, 4) is 11.8 Å². The monoisotopic (exact) mass is 334 g/mol. The summed E-state index contributed by atoms with van der Waals surface area (Å²) in [6, 6.07) is 12.0. The van der Waals surface area contributed by atoms with Crippen LogP contribution in [0.1, 0.15) is 48.1 Å². The maximum absolute atomic E-state index is 9.28. The topological polar surface area (TPSA) is 94.9 Å². The average Bonchev–Trinajstić information content (AvgIpc) is 2.62. The van der Waals surface area contributed by atoms with Crippen molar-refractivity contribution in [2.45, 2.75) is 32.2 Å². The first-order chi connectivity index (χ1) is 12.0. The van der Waals surface area contributed by atoms with Gasteiger partial charge >= 0.3 is 0 Å². The van der Waals surface area contributed by atoms with Crippen LogP contribution in [0.25, 0.3) is 0 Å². The smallest absolute Gasteiger partial charge is 0.136 e. The number of aryl methyl sites for hydroxylation is 1. The number of hydrogen-bond acceptors (Lipinski definition) is 5. The molecule has 5 heteroatoms. The second-order valence-corrected chi connectivity index (χ2v) is 6.38. The molecule has 0 spiro atoms. The zero-order chi connectivity index (χ0) is 18.0. The molecule has 1 aliphatic rings. The van der Waals surface area contributed by atoms with Crippen LogP contribution in [-0.4, -0.2) is 12.8 Å². The fraction of sp³-hybridized carbons (Fsp3) is 0.300. The molecule has 0 saturated heterocycles. The van der Waals surface area contributed by atoms with Gasteiger partial charge in [0.15, 0.2) is 0 Å². The predicted octanol–water partition coefficient (Wildman–Crippen LogP) is 4.03. The molecule has 2 aromatic carbocycles. The van der Waals surface area contributed by atoms with Crippen LogP contribution < -0.4 is 15.8 Å². The lowest BCUT2D eigenvalue weighted by Crippen LogP contribution is -2.18. The van der Waals surface area contributed by atoms with Gasteiger partial charge in [-0.2, -0.15) is 5.26 Å². The number of nitrogens with one attached hydrogen (secondary N) is 2. The highest BCUT2D eigenvalue weighted by Gasteiger charge is 2.23. The van der Waals surface area contributed by atoms with Crippen LogP contribution in [0.5, 0.6) is 5.75 Å². The molecule has 0 saturated carbocycles. The van der Waals surface area contributed by atoms with Crippen LogP contribution in [0.3, 0.4) is 0 Å². The summed E-state index contributed by atoms with van der Waals surface area (Å²) >= 11 is 0. The van der Waals surface area contributed by atoms with E-state index in [2.05, 4.69) is 11.4 Å². The lowest BCUT2D eigenvalue weighted by molar-refractivity contribution is 0.411. The Morgan fingerprint density at radius 2 is 2.16 bits per heavy atom. The van der Waals surface area contributed by atoms with Gasteiger partial charge in [-0.1, -0.05) is 0 Å². The van der Waals surface area contributed by atoms with Gasteiger partial charge in [-0.15, -0.1) is 0 Å². The standard InChI is InChI=1S/C20H22N4O/c1-12(22)16-9-15(6-7-18(16)23)24-19-5-3-4-13-8-14(11-21)20(25-2)10-17(13)19/h6-10,19,22,24H,3-5,23H2,1-2H3. The zero-order valence-corrected chi connectivity index (χ0v) is 14.5. The van der Waals surface area contributed by atoms with E-state index in [1.54, 1.807) is 14.0 Å². The van der Waals surface area contributed by atoms with Gasteiger partial charge in [0.25, 0.3) is 0 Å². The van der Waals surface area contributed by atoms with Crippen molar-refractivity contribution >= 4 is 17.1 Å². The first-order valence-corrected chi connectivity index (χ1v) is 8.36. The molecule has 0 radical (unpaired) electrons. The van der Waals surface area contributed by atoms with Crippen LogP contribution in [0.2, 0.25) is 0 Å². The third kappa shape index (κ3) is 3.29. The van der Waals surface area contributed by atoms with E-state index in [4.69, 9.17) is 15.9 Å². The number of nitriles is 1. The van der Waals surface area contributed by atoms with Crippen molar-refractivity contribution < 1.29 is 4.74 Å². The minimum atomic E-state index is 0.146. The molecule has 1 unspecified atom stereocenters. The van der Waals surface area contributed by atoms with Gasteiger partial charge in [0, 0.05) is 22.6 Å². The molecule has 1 atom stereocenters. The fourth-order valence-corrected chi connectivity index (χ4v) is 3.41. The molecule has 128 valence electrons. The number of nitrogen functional groups attached to an aromatic ring is 1. The van der Waals surface area contributed by atoms with Crippen LogP contribution in [0.4, 0.5) is 11.4 Å². The molecule has 25 heavy (non-hydrogen) atoms. The summed E-state index contributed by atoms with van der Waals surface area (Å²) in [5.74, 6) is 0.614. The molecule has 1 aliphatic carbocycles. The Labute approximate surface area is 147 Å². The van der Waals surface area contributed by atoms with E-state index in [0.717, 1.165) is 30.5 Å². The van der Waals surface area contributed by atoms with Gasteiger partial charge in [-0.05, 0) is 67.6 Å². The second kappa shape index (κ2) is 6.86. The first kappa shape index (κ1) is 16.8. The highest BCUT2D eigenvalue weighted by molar-refractivity contribution is 6.01. The SMILES string of the molecule is COc1cc2c(cc1C#N)CCCC2Nc1ccc(N)c(C(C)=N)c1. The lowest BCUT2D eigenvalue weighted by Gasteiger charge is -2.28. The second-order valence-electron chi connectivity index (χ2n) is 6.38. The fourth-order valence-electron chi connectivity index (χ4n) is 3.41. The van der Waals surface area contributed by atoms with Gasteiger partial charge in [0.2, 0.25) is 0 Å². The van der Waals surface area contributed by atoms with Crippen molar-refractivity contribution in [1.29, 1.82) is 10.7 Å². The number of ether oxygens (including phenoxy) is 1. The predicted molar refractivity (Wildman–Crippen MR) is 100 cm³/mol. The Bertz CT molecular complexity index is 867. The third-order valence-corrected chi connectivity index (χ3v) is 4.69. The first-order valence-electron chi connectivity index (χ1n) is 8.36. The number of fused-ring (bicyclic) bond motifs is 1. The summed E-state index contributed by atoms with van der Waals surface area (Å²) in [6.07, 6.45) is 3.04. The normalized spacial score (nSPS) is 15.8. The molecule has 0 bridgehead atoms. The van der Waals surface area contributed by atoms with Gasteiger partial charge in [-0.3, -0.25) is 0 Å². The van der Waals surface area contributed by atoms with Gasteiger partial charge in [-0.25, -0.2) is 0 Å². The van der Waals surface area contributed by atoms with E-state index in [-0.39, 0.29) is 6.04 Å². The van der Waals surface area contributed by atoms with Gasteiger partial charge in [0.1, 0.15) is 11.8 Å². The Kier molecular flexibility index (Phi) is 4.62. The molecule has 0 amide bonds. The Morgan fingerprint density at radius 1 is 1.36 bits per heavy atom. The number of anilines is 2. The Hall–Kier alpha value is -3.00. The van der Waals surface area contributed by atoms with Gasteiger partial charge < -0.3 is 21.2 Å². The maximum atomic E-state index is 9.28. The molecule has 0 fully saturated rings. The average molecular weight is 334 g/mol. The lowest BCUT2D eigenvalue weighted by atomic mass is 9.86. The zero-order valence-electron chi connectivity index (χ0n) is 14.5. The van der Waals surface area contributed by atoms with Crippen molar-refractivity contribution in [2.75, 3.05) is 18.2 Å². The van der Waals surface area contributed by atoms with Crippen LogP contribution in [0, 0.1) is 16.7 Å². The molecule has 4 N–H and O–H groups in total. The number of benzene rings is 2. The summed E-state index contributed by atoms with van der Waals surface area (Å²) in [6.45, 7) is 1.74. The molecular formula is C20H22N4O. The van der Waals surface area contributed by atoms with Gasteiger partial charge in [0.05, 0.1) is 18.7 Å². The van der Waals surface area contributed by atoms with E-state index in [1.165, 1.54) is 11.1 Å². The van der Waals surface area contributed by atoms with Crippen molar-refractivity contribution in [3.05, 3.63) is 52.6 Å². The van der Waals surface area contributed by atoms with Crippen LogP contribution >= 0.6 is 0 Å². The molecule has 5 nitrogen and oxygen atoms in total. The number of nitrogens with two attached hydrogens (primary N) is 1. The third-order valence-electron chi connectivity index (χ3n) is 4.69. The minimum absolute atomic E-state index is 0.146. The highest BCUT2D eigenvalue weighted by Crippen LogP contribution is 2.36. The minimum Gasteiger partial charge on any atom is -0.495 e. The quantitative estimate of drug-likeness (QED) is 0.581. The molecule has 0 aromatic heterocycles. The van der Waals surface area contributed by atoms with E-state index in [1.807, 2.05) is 30.3 Å². The maximum Gasteiger partial charge on any atom is 0.136 e. The van der Waals surface area contributed by atoms with Crippen LogP contribution in [-0.2, 0) is 6.42 Å². The summed E-state index contributed by atoms with van der Waals surface area (Å²) < 4.78 is 5.37. The summed E-state index contributed by atoms with van der Waals surface area (Å²) in [5.41, 5.74) is 11.7. The number of methoxy groups -OCH3 is 1. The van der Waals surface area contributed by atoms with E-state index < -0.39 is 0 Å². The van der Waals surface area contributed by atoms with Crippen molar-refractivity contribution in [3.63, 3.8) is 0 Å². The molecule has 3 rings (SSSR count). The van der Waals surface area contributed by atoms with E-state index in [9.17, 15) is 5.26 Å². The van der Waals surface area contributed by atoms with Crippen molar-refractivity contribution in [1.82, 2.24) is 0 Å². The van der Waals surface area contributed by atoms with E-state index in [0.29, 0.717) is 22.7 Å². The van der Waals surface area contributed by atoms with E-state index >= 15 is 0 Å². The molecular weight excluding hydrogens is 312 g/mol. The number of rotatable bonds is 4. The summed E-state index contributed by atoms with van der Waals surface area (Å²) in [7, 11) is 1.59. The molecule has 2 aromatic rings. The largest absolute Gasteiger partial charge is 0.495 e. The number of nitrogens with zero attached hydrogens (tertiary/aromatic N) is 1. The summed E-state index contributed by atoms with van der Waals surface area (Å²) in [5, 5.41) is 20.7. The highest BCUT2D eigenvalue weighted by atomic mass is 16.5. The van der Waals surface area contributed by atoms with Crippen molar-refractivity contribution in [2.24, 2.45) is 0 Å². The molecule has 0 aliphatic heterocycles. The summed E-state index contributed by atoms with van der Waals surface area (Å²) in [4.78, 5) is 0.